The van der Waals surface area contributed by atoms with E-state index in [-0.39, 0.29) is 18.2 Å². The maximum Gasteiger partial charge on any atom is 0.418 e. The van der Waals surface area contributed by atoms with Crippen molar-refractivity contribution in [3.05, 3.63) is 35.5 Å². The van der Waals surface area contributed by atoms with Gasteiger partial charge in [0.1, 0.15) is 0 Å². The van der Waals surface area contributed by atoms with E-state index in [9.17, 15) is 13.2 Å². The minimum absolute atomic E-state index is 0.0790. The number of para-hydroxylation sites is 1. The lowest BCUT2D eigenvalue weighted by molar-refractivity contribution is -0.136. The fourth-order valence-electron chi connectivity index (χ4n) is 2.47. The Morgan fingerprint density at radius 3 is 2.47 bits per heavy atom. The molecule has 0 unspecified atom stereocenters. The third-order valence-electron chi connectivity index (χ3n) is 3.13. The molecule has 0 radical (unpaired) electrons. The average molecular weight is 271 g/mol. The number of benzene rings is 1. The second kappa shape index (κ2) is 4.89. The Labute approximate surface area is 109 Å². The Morgan fingerprint density at radius 1 is 1.26 bits per heavy atom. The van der Waals surface area contributed by atoms with E-state index in [4.69, 9.17) is 5.11 Å². The predicted molar refractivity (Wildman–Crippen MR) is 68.1 cm³/mol. The van der Waals surface area contributed by atoms with Crippen molar-refractivity contribution in [2.75, 3.05) is 6.61 Å². The van der Waals surface area contributed by atoms with Crippen molar-refractivity contribution in [3.8, 4) is 0 Å². The molecule has 0 saturated carbocycles. The molecule has 2 rings (SSSR count). The van der Waals surface area contributed by atoms with E-state index < -0.39 is 11.7 Å². The van der Waals surface area contributed by atoms with E-state index in [1.54, 1.807) is 16.7 Å². The first-order valence-electron chi connectivity index (χ1n) is 6.17. The second-order valence-corrected chi connectivity index (χ2v) is 4.81. The third kappa shape index (κ3) is 2.47. The molecule has 1 heterocycles. The SMILES string of the molecule is CC(C)n1c(CCO)cc2cccc(C(F)(F)F)c21. The van der Waals surface area contributed by atoms with Crippen LogP contribution in [0.1, 0.15) is 31.1 Å². The van der Waals surface area contributed by atoms with Crippen LogP contribution in [0.25, 0.3) is 10.9 Å². The van der Waals surface area contributed by atoms with E-state index in [1.807, 2.05) is 13.8 Å². The van der Waals surface area contributed by atoms with E-state index in [0.717, 1.165) is 11.8 Å². The van der Waals surface area contributed by atoms with E-state index >= 15 is 0 Å². The zero-order valence-corrected chi connectivity index (χ0v) is 10.8. The van der Waals surface area contributed by atoms with Crippen molar-refractivity contribution in [2.45, 2.75) is 32.5 Å². The second-order valence-electron chi connectivity index (χ2n) is 4.81. The van der Waals surface area contributed by atoms with Gasteiger partial charge in [-0.15, -0.1) is 0 Å². The zero-order valence-electron chi connectivity index (χ0n) is 10.8. The first kappa shape index (κ1) is 13.9. The summed E-state index contributed by atoms with van der Waals surface area (Å²) in [6.07, 6.45) is -4.02. The number of hydrogen-bond donors (Lipinski definition) is 1. The van der Waals surface area contributed by atoms with E-state index in [0.29, 0.717) is 11.8 Å². The van der Waals surface area contributed by atoms with Crippen molar-refractivity contribution in [2.24, 2.45) is 0 Å². The lowest BCUT2D eigenvalue weighted by atomic mass is 10.1. The van der Waals surface area contributed by atoms with Gasteiger partial charge in [-0.05, 0) is 26.0 Å². The molecule has 0 amide bonds. The van der Waals surface area contributed by atoms with Gasteiger partial charge in [0.2, 0.25) is 0 Å². The predicted octanol–water partition coefficient (Wildman–Crippen LogP) is 3.78. The van der Waals surface area contributed by atoms with Crippen LogP contribution in [-0.2, 0) is 12.6 Å². The van der Waals surface area contributed by atoms with Crippen LogP contribution in [0.2, 0.25) is 0 Å². The summed E-state index contributed by atoms with van der Waals surface area (Å²) in [5.41, 5.74) is 0.306. The monoisotopic (exact) mass is 271 g/mol. The molecule has 2 nitrogen and oxygen atoms in total. The molecule has 0 aliphatic carbocycles. The van der Waals surface area contributed by atoms with Crippen molar-refractivity contribution >= 4 is 10.9 Å². The van der Waals surface area contributed by atoms with Gasteiger partial charge in [-0.2, -0.15) is 13.2 Å². The first-order chi connectivity index (χ1) is 8.86. The van der Waals surface area contributed by atoms with Crippen LogP contribution in [0.5, 0.6) is 0 Å². The smallest absolute Gasteiger partial charge is 0.396 e. The van der Waals surface area contributed by atoms with Crippen molar-refractivity contribution in [3.63, 3.8) is 0 Å². The van der Waals surface area contributed by atoms with Gasteiger partial charge in [0.15, 0.2) is 0 Å². The molecule has 0 saturated heterocycles. The van der Waals surface area contributed by atoms with E-state index in [2.05, 4.69) is 0 Å². The van der Waals surface area contributed by atoms with E-state index in [1.165, 1.54) is 6.07 Å². The summed E-state index contributed by atoms with van der Waals surface area (Å²) < 4.78 is 40.9. The molecule has 0 spiro atoms. The number of aliphatic hydroxyl groups is 1. The summed E-state index contributed by atoms with van der Waals surface area (Å²) >= 11 is 0. The fourth-order valence-corrected chi connectivity index (χ4v) is 2.47. The molecule has 0 aliphatic heterocycles. The molecular weight excluding hydrogens is 255 g/mol. The van der Waals surface area contributed by atoms with Crippen LogP contribution < -0.4 is 0 Å². The number of alkyl halides is 3. The van der Waals surface area contributed by atoms with Crippen molar-refractivity contribution < 1.29 is 18.3 Å². The average Bonchev–Trinajstić information content (AvgIpc) is 2.65. The summed E-state index contributed by atoms with van der Waals surface area (Å²) in [7, 11) is 0. The number of aliphatic hydroxyl groups excluding tert-OH is 1. The van der Waals surface area contributed by atoms with Crippen LogP contribution in [-0.4, -0.2) is 16.3 Å². The van der Waals surface area contributed by atoms with Gasteiger partial charge in [-0.1, -0.05) is 12.1 Å². The van der Waals surface area contributed by atoms with Crippen LogP contribution in [0, 0.1) is 0 Å². The molecule has 5 heteroatoms. The molecule has 104 valence electrons. The standard InChI is InChI=1S/C14H16F3NO/c1-9(2)18-11(6-7-19)8-10-4-3-5-12(13(10)18)14(15,16)17/h3-5,8-9,19H,6-7H2,1-2H3. The third-order valence-corrected chi connectivity index (χ3v) is 3.13. The maximum absolute atomic E-state index is 13.1. The van der Waals surface area contributed by atoms with Gasteiger partial charge >= 0.3 is 6.18 Å². The molecule has 0 bridgehead atoms. The Hall–Kier alpha value is -1.49. The number of halogens is 3. The number of nitrogens with zero attached hydrogens (tertiary/aromatic N) is 1. The van der Waals surface area contributed by atoms with Crippen molar-refractivity contribution in [1.82, 2.24) is 4.57 Å². The summed E-state index contributed by atoms with van der Waals surface area (Å²) in [6, 6.07) is 5.82. The maximum atomic E-state index is 13.1. The highest BCUT2D eigenvalue weighted by Crippen LogP contribution is 2.37. The number of hydrogen-bond acceptors (Lipinski definition) is 1. The quantitative estimate of drug-likeness (QED) is 0.903. The zero-order chi connectivity index (χ0) is 14.2. The molecular formula is C14H16F3NO. The lowest BCUT2D eigenvalue weighted by Gasteiger charge is -2.17. The Balaban J connectivity index is 2.79. The Morgan fingerprint density at radius 2 is 1.95 bits per heavy atom. The molecule has 1 aromatic carbocycles. The number of aromatic nitrogens is 1. The Bertz CT molecular complexity index is 584. The molecule has 19 heavy (non-hydrogen) atoms. The van der Waals surface area contributed by atoms with Gasteiger partial charge < -0.3 is 9.67 Å². The largest absolute Gasteiger partial charge is 0.418 e. The normalized spacial score (nSPS) is 12.6. The van der Waals surface area contributed by atoms with Gasteiger partial charge in [-0.25, -0.2) is 0 Å². The minimum atomic E-state index is -4.37. The highest BCUT2D eigenvalue weighted by molar-refractivity contribution is 5.85. The Kier molecular flexibility index (Phi) is 3.58. The molecule has 0 aliphatic rings. The molecule has 0 fully saturated rings. The summed E-state index contributed by atoms with van der Waals surface area (Å²) in [5, 5.41) is 9.61. The first-order valence-corrected chi connectivity index (χ1v) is 6.17. The van der Waals surface area contributed by atoms with Gasteiger partial charge in [0.25, 0.3) is 0 Å². The van der Waals surface area contributed by atoms with Crippen LogP contribution in [0.3, 0.4) is 0 Å². The molecule has 0 atom stereocenters. The van der Waals surface area contributed by atoms with Gasteiger partial charge in [-0.3, -0.25) is 0 Å². The van der Waals surface area contributed by atoms with Crippen LogP contribution in [0.4, 0.5) is 13.2 Å². The minimum Gasteiger partial charge on any atom is -0.396 e. The molecule has 2 aromatic rings. The van der Waals surface area contributed by atoms with Crippen LogP contribution in [0.15, 0.2) is 24.3 Å². The summed E-state index contributed by atoms with van der Waals surface area (Å²) in [5.74, 6) is 0. The highest BCUT2D eigenvalue weighted by Gasteiger charge is 2.34. The fraction of sp³-hybridized carbons (Fsp3) is 0.429. The molecule has 1 aromatic heterocycles. The lowest BCUT2D eigenvalue weighted by Crippen LogP contribution is -2.12. The number of rotatable bonds is 3. The van der Waals surface area contributed by atoms with Crippen molar-refractivity contribution in [1.29, 1.82) is 0 Å². The number of fused-ring (bicyclic) bond motifs is 1. The van der Waals surface area contributed by atoms with Gasteiger partial charge in [0.05, 0.1) is 11.1 Å². The topological polar surface area (TPSA) is 25.2 Å². The summed E-state index contributed by atoms with van der Waals surface area (Å²) in [6.45, 7) is 3.60. The summed E-state index contributed by atoms with van der Waals surface area (Å²) in [4.78, 5) is 0. The van der Waals surface area contributed by atoms with Crippen LogP contribution >= 0.6 is 0 Å². The van der Waals surface area contributed by atoms with Gasteiger partial charge in [0, 0.05) is 30.1 Å². The molecule has 1 N–H and O–H groups in total. The highest BCUT2D eigenvalue weighted by atomic mass is 19.4.